The highest BCUT2D eigenvalue weighted by Gasteiger charge is 2.33. The van der Waals surface area contributed by atoms with Crippen LogP contribution in [0.25, 0.3) is 5.70 Å². The molecule has 2 aliphatic rings. The van der Waals surface area contributed by atoms with Crippen LogP contribution in [0.3, 0.4) is 0 Å². The summed E-state index contributed by atoms with van der Waals surface area (Å²) in [6.07, 6.45) is 9.63. The lowest BCUT2D eigenvalue weighted by Crippen LogP contribution is -2.13. The number of hydrogen-bond acceptors (Lipinski definition) is 4. The van der Waals surface area contributed by atoms with E-state index in [4.69, 9.17) is 4.74 Å². The molecule has 4 rings (SSSR count). The highest BCUT2D eigenvalue weighted by atomic mass is 16.5. The number of fused-ring (bicyclic) bond motifs is 1. The van der Waals surface area contributed by atoms with Crippen LogP contribution in [0.5, 0.6) is 0 Å². The average molecular weight is 358 g/mol. The number of rotatable bonds is 3. The van der Waals surface area contributed by atoms with E-state index < -0.39 is 11.9 Å². The Bertz CT molecular complexity index is 1000. The van der Waals surface area contributed by atoms with Gasteiger partial charge < -0.3 is 15.4 Å². The van der Waals surface area contributed by atoms with Gasteiger partial charge in [-0.15, -0.1) is 0 Å². The van der Waals surface area contributed by atoms with Gasteiger partial charge in [0.15, 0.2) is 0 Å². The number of allylic oxidation sites excluding steroid dienone is 4. The first-order valence-corrected chi connectivity index (χ1v) is 8.61. The molecule has 1 amide bonds. The molecule has 0 bridgehead atoms. The van der Waals surface area contributed by atoms with E-state index in [9.17, 15) is 9.59 Å². The van der Waals surface area contributed by atoms with Gasteiger partial charge in [-0.1, -0.05) is 42.5 Å². The zero-order valence-electron chi connectivity index (χ0n) is 14.7. The number of esters is 1. The minimum Gasteiger partial charge on any atom is -0.465 e. The molecule has 0 aromatic heterocycles. The third-order valence-electron chi connectivity index (χ3n) is 4.69. The Morgan fingerprint density at radius 1 is 1.04 bits per heavy atom. The predicted octanol–water partition coefficient (Wildman–Crippen LogP) is 3.57. The van der Waals surface area contributed by atoms with E-state index in [-0.39, 0.29) is 5.91 Å². The Balaban J connectivity index is 1.73. The molecule has 0 radical (unpaired) electrons. The summed E-state index contributed by atoms with van der Waals surface area (Å²) >= 11 is 0. The average Bonchev–Trinajstić information content (AvgIpc) is 2.86. The van der Waals surface area contributed by atoms with E-state index >= 15 is 0 Å². The lowest BCUT2D eigenvalue weighted by atomic mass is 9.90. The third-order valence-corrected chi connectivity index (χ3v) is 4.69. The molecule has 0 spiro atoms. The molecule has 2 N–H and O–H groups in total. The van der Waals surface area contributed by atoms with Crippen LogP contribution in [0.2, 0.25) is 0 Å². The maximum absolute atomic E-state index is 12.7. The molecule has 27 heavy (non-hydrogen) atoms. The normalized spacial score (nSPS) is 17.4. The standard InChI is InChI=1S/C22H18N2O3/c1-27-22(26)15-11-9-14(10-12-15)19-17-7-5-6-16(20(17)24-21(19)25)18-8-3-2-4-13-23-18/h2-13,19,23H,1H3,(H,24,25). The first-order valence-electron chi connectivity index (χ1n) is 8.61. The fourth-order valence-electron chi connectivity index (χ4n) is 3.40. The minimum atomic E-state index is -0.413. The summed E-state index contributed by atoms with van der Waals surface area (Å²) in [6.45, 7) is 0. The SMILES string of the molecule is COC(=O)c1ccc(C2C(=O)Nc3c(C4=CC=CC=CN4)cccc32)cc1. The second kappa shape index (κ2) is 6.96. The van der Waals surface area contributed by atoms with E-state index in [1.165, 1.54) is 7.11 Å². The van der Waals surface area contributed by atoms with E-state index in [0.717, 1.165) is 28.1 Å². The predicted molar refractivity (Wildman–Crippen MR) is 104 cm³/mol. The second-order valence-electron chi connectivity index (χ2n) is 6.27. The van der Waals surface area contributed by atoms with E-state index in [1.54, 1.807) is 24.3 Å². The number of hydrogen-bond donors (Lipinski definition) is 2. The van der Waals surface area contributed by atoms with Gasteiger partial charge in [0.2, 0.25) is 5.91 Å². The topological polar surface area (TPSA) is 67.4 Å². The molecule has 0 aliphatic carbocycles. The first-order chi connectivity index (χ1) is 13.2. The van der Waals surface area contributed by atoms with Crippen LogP contribution in [-0.2, 0) is 9.53 Å². The van der Waals surface area contributed by atoms with Gasteiger partial charge in [0.25, 0.3) is 0 Å². The molecular weight excluding hydrogens is 340 g/mol. The number of methoxy groups -OCH3 is 1. The van der Waals surface area contributed by atoms with Crippen molar-refractivity contribution < 1.29 is 14.3 Å². The van der Waals surface area contributed by atoms with Crippen LogP contribution in [0.4, 0.5) is 5.69 Å². The Morgan fingerprint density at radius 3 is 2.63 bits per heavy atom. The molecule has 0 fully saturated rings. The third kappa shape index (κ3) is 3.04. The number of anilines is 1. The molecule has 134 valence electrons. The van der Waals surface area contributed by atoms with E-state index in [0.29, 0.717) is 5.56 Å². The van der Waals surface area contributed by atoms with Crippen molar-refractivity contribution in [1.29, 1.82) is 0 Å². The van der Waals surface area contributed by atoms with Crippen LogP contribution in [0.15, 0.2) is 73.0 Å². The van der Waals surface area contributed by atoms with Crippen molar-refractivity contribution in [2.45, 2.75) is 5.92 Å². The number of para-hydroxylation sites is 1. The fourth-order valence-corrected chi connectivity index (χ4v) is 3.40. The summed E-state index contributed by atoms with van der Waals surface area (Å²) in [5, 5.41) is 6.26. The van der Waals surface area contributed by atoms with Crippen LogP contribution in [0.1, 0.15) is 33.0 Å². The summed E-state index contributed by atoms with van der Waals surface area (Å²) in [5.41, 5.74) is 4.87. The number of amides is 1. The zero-order chi connectivity index (χ0) is 18.8. The zero-order valence-corrected chi connectivity index (χ0v) is 14.7. The van der Waals surface area contributed by atoms with Crippen molar-refractivity contribution >= 4 is 23.3 Å². The van der Waals surface area contributed by atoms with Crippen molar-refractivity contribution in [3.63, 3.8) is 0 Å². The Labute approximate surface area is 157 Å². The maximum atomic E-state index is 12.7. The Kier molecular flexibility index (Phi) is 4.34. The molecule has 1 atom stereocenters. The minimum absolute atomic E-state index is 0.0800. The maximum Gasteiger partial charge on any atom is 0.337 e. The van der Waals surface area contributed by atoms with E-state index in [2.05, 4.69) is 10.6 Å². The van der Waals surface area contributed by atoms with Crippen LogP contribution < -0.4 is 10.6 Å². The van der Waals surface area contributed by atoms with Gasteiger partial charge in [-0.3, -0.25) is 4.79 Å². The van der Waals surface area contributed by atoms with Gasteiger partial charge in [-0.25, -0.2) is 4.79 Å². The lowest BCUT2D eigenvalue weighted by Gasteiger charge is -2.13. The van der Waals surface area contributed by atoms with Gasteiger partial charge >= 0.3 is 5.97 Å². The van der Waals surface area contributed by atoms with Crippen LogP contribution >= 0.6 is 0 Å². The van der Waals surface area contributed by atoms with Crippen LogP contribution in [0, 0.1) is 0 Å². The lowest BCUT2D eigenvalue weighted by molar-refractivity contribution is -0.116. The monoisotopic (exact) mass is 358 g/mol. The first kappa shape index (κ1) is 16.8. The smallest absolute Gasteiger partial charge is 0.337 e. The van der Waals surface area contributed by atoms with Crippen LogP contribution in [-0.4, -0.2) is 19.0 Å². The number of carbonyl (C=O) groups excluding carboxylic acids is 2. The van der Waals surface area contributed by atoms with Crippen molar-refractivity contribution in [2.75, 3.05) is 12.4 Å². The summed E-state index contributed by atoms with van der Waals surface area (Å²) < 4.78 is 4.73. The van der Waals surface area contributed by atoms with Gasteiger partial charge in [-0.2, -0.15) is 0 Å². The van der Waals surface area contributed by atoms with Crippen molar-refractivity contribution in [1.82, 2.24) is 5.32 Å². The van der Waals surface area contributed by atoms with Crippen molar-refractivity contribution in [3.8, 4) is 0 Å². The Hall–Kier alpha value is -3.60. The van der Waals surface area contributed by atoms with Crippen molar-refractivity contribution in [2.24, 2.45) is 0 Å². The molecule has 2 aromatic carbocycles. The molecule has 5 heteroatoms. The summed E-state index contributed by atoms with van der Waals surface area (Å²) in [5.74, 6) is -0.889. The molecular formula is C22H18N2O3. The van der Waals surface area contributed by atoms with Gasteiger partial charge in [0.05, 0.1) is 24.3 Å². The quantitative estimate of drug-likeness (QED) is 0.823. The summed E-state index contributed by atoms with van der Waals surface area (Å²) in [4.78, 5) is 24.4. The highest BCUT2D eigenvalue weighted by molar-refractivity contribution is 6.07. The number of ether oxygens (including phenoxy) is 1. The fraction of sp³-hybridized carbons (Fsp3) is 0.0909. The molecule has 2 heterocycles. The molecule has 0 saturated carbocycles. The molecule has 2 aromatic rings. The van der Waals surface area contributed by atoms with Gasteiger partial charge in [0, 0.05) is 17.5 Å². The summed E-state index contributed by atoms with van der Waals surface area (Å²) in [6, 6.07) is 12.8. The second-order valence-corrected chi connectivity index (χ2v) is 6.27. The Morgan fingerprint density at radius 2 is 1.85 bits per heavy atom. The van der Waals surface area contributed by atoms with E-state index in [1.807, 2.05) is 48.7 Å². The molecule has 5 nitrogen and oxygen atoms in total. The number of nitrogens with one attached hydrogen (secondary N) is 2. The largest absolute Gasteiger partial charge is 0.465 e. The highest BCUT2D eigenvalue weighted by Crippen LogP contribution is 2.41. The number of carbonyl (C=O) groups is 2. The van der Waals surface area contributed by atoms with Crippen molar-refractivity contribution in [3.05, 3.63) is 95.2 Å². The molecule has 2 aliphatic heterocycles. The molecule has 1 unspecified atom stereocenters. The van der Waals surface area contributed by atoms with Gasteiger partial charge in [0.1, 0.15) is 0 Å². The van der Waals surface area contributed by atoms with Gasteiger partial charge in [-0.05, 0) is 35.4 Å². The number of benzene rings is 2. The summed E-state index contributed by atoms with van der Waals surface area (Å²) in [7, 11) is 1.35. The molecule has 0 saturated heterocycles.